The fraction of sp³-hybridized carbons (Fsp3) is 0.786. The van der Waals surface area contributed by atoms with E-state index in [1.807, 2.05) is 6.20 Å². The molecule has 2 aliphatic rings. The zero-order valence-electron chi connectivity index (χ0n) is 12.7. The van der Waals surface area contributed by atoms with Gasteiger partial charge in [-0.15, -0.1) is 0 Å². The van der Waals surface area contributed by atoms with Crippen LogP contribution in [0.2, 0.25) is 0 Å². The van der Waals surface area contributed by atoms with Gasteiger partial charge in [-0.3, -0.25) is 0 Å². The highest BCUT2D eigenvalue weighted by Gasteiger charge is 2.52. The zero-order valence-corrected chi connectivity index (χ0v) is 12.7. The molecule has 0 radical (unpaired) electrons. The number of aromatic amines is 1. The summed E-state index contributed by atoms with van der Waals surface area (Å²) >= 11 is 0. The van der Waals surface area contributed by atoms with Gasteiger partial charge in [0.25, 0.3) is 0 Å². The fourth-order valence-electron chi connectivity index (χ4n) is 2.61. The molecule has 3 heterocycles. The van der Waals surface area contributed by atoms with Crippen LogP contribution in [0.5, 0.6) is 0 Å². The third-order valence-corrected chi connectivity index (χ3v) is 4.67. The van der Waals surface area contributed by atoms with Crippen molar-refractivity contribution < 1.29 is 14.0 Å². The molecule has 1 atom stereocenters. The lowest BCUT2D eigenvalue weighted by molar-refractivity contribution is 0.00578. The summed E-state index contributed by atoms with van der Waals surface area (Å²) in [5.41, 5.74) is 0.248. The first-order valence-electron chi connectivity index (χ1n) is 7.37. The van der Waals surface area contributed by atoms with Crippen LogP contribution < -0.4 is 5.59 Å². The van der Waals surface area contributed by atoms with Gasteiger partial charge in [-0.2, -0.15) is 0 Å². The monoisotopic (exact) mass is 278 g/mol. The second-order valence-electron chi connectivity index (χ2n) is 6.73. The molecule has 1 N–H and O–H groups in total. The van der Waals surface area contributed by atoms with E-state index in [-0.39, 0.29) is 18.3 Å². The van der Waals surface area contributed by atoms with Gasteiger partial charge in [0, 0.05) is 18.7 Å². The summed E-state index contributed by atoms with van der Waals surface area (Å²) in [6.45, 7) is 9.83. The Morgan fingerprint density at radius 2 is 1.95 bits per heavy atom. The quantitative estimate of drug-likeness (QED) is 0.835. The minimum absolute atomic E-state index is 0.323. The highest BCUT2D eigenvalue weighted by Crippen LogP contribution is 2.36. The minimum Gasteiger partial charge on any atom is -0.398 e. The average molecular weight is 278 g/mol. The van der Waals surface area contributed by atoms with Crippen molar-refractivity contribution in [1.29, 1.82) is 0 Å². The molecule has 3 rings (SSSR count). The lowest BCUT2D eigenvalue weighted by Crippen LogP contribution is -2.41. The van der Waals surface area contributed by atoms with Crippen molar-refractivity contribution in [2.75, 3.05) is 13.2 Å². The number of ether oxygens (including phenoxy) is 1. The standard InChI is InChI=1S/C14H23BN2O3/c1-13(2)14(3,4)20-15(19-13)11-8-16-12(17-11)10-6-5-7-18-9-10/h8,10H,5-7,9H2,1-4H3,(H,16,17). The molecule has 1 aromatic rings. The van der Waals surface area contributed by atoms with Crippen LogP contribution in [0.1, 0.15) is 52.3 Å². The molecular weight excluding hydrogens is 255 g/mol. The molecule has 0 spiro atoms. The van der Waals surface area contributed by atoms with Gasteiger partial charge in [-0.05, 0) is 40.5 Å². The molecule has 0 aromatic carbocycles. The molecule has 1 aromatic heterocycles. The molecular formula is C14H23BN2O3. The minimum atomic E-state index is -0.370. The van der Waals surface area contributed by atoms with Gasteiger partial charge in [0.05, 0.1) is 23.4 Å². The summed E-state index contributed by atoms with van der Waals surface area (Å²) in [5, 5.41) is 0. The van der Waals surface area contributed by atoms with Gasteiger partial charge in [0.1, 0.15) is 5.82 Å². The second kappa shape index (κ2) is 4.86. The Hall–Kier alpha value is -0.845. The topological polar surface area (TPSA) is 56.4 Å². The first-order chi connectivity index (χ1) is 9.39. The number of imidazole rings is 1. The summed E-state index contributed by atoms with van der Waals surface area (Å²) < 4.78 is 17.6. The van der Waals surface area contributed by atoms with E-state index >= 15 is 0 Å². The van der Waals surface area contributed by atoms with E-state index in [1.165, 1.54) is 0 Å². The van der Waals surface area contributed by atoms with Crippen molar-refractivity contribution in [1.82, 2.24) is 9.97 Å². The fourth-order valence-corrected chi connectivity index (χ4v) is 2.61. The van der Waals surface area contributed by atoms with Crippen LogP contribution in [0.15, 0.2) is 6.20 Å². The summed E-state index contributed by atoms with van der Waals surface area (Å²) in [6, 6.07) is 0. The van der Waals surface area contributed by atoms with Crippen molar-refractivity contribution in [2.45, 2.75) is 57.7 Å². The van der Waals surface area contributed by atoms with Crippen LogP contribution in [0.4, 0.5) is 0 Å². The van der Waals surface area contributed by atoms with Gasteiger partial charge in [-0.1, -0.05) is 0 Å². The van der Waals surface area contributed by atoms with Crippen LogP contribution >= 0.6 is 0 Å². The molecule has 2 fully saturated rings. The van der Waals surface area contributed by atoms with E-state index in [0.29, 0.717) is 5.92 Å². The van der Waals surface area contributed by atoms with Crippen LogP contribution in [0, 0.1) is 0 Å². The van der Waals surface area contributed by atoms with Gasteiger partial charge >= 0.3 is 7.12 Å². The third-order valence-electron chi connectivity index (χ3n) is 4.67. The van der Waals surface area contributed by atoms with Crippen molar-refractivity contribution in [3.63, 3.8) is 0 Å². The zero-order chi connectivity index (χ0) is 14.4. The predicted molar refractivity (Wildman–Crippen MR) is 77.1 cm³/mol. The lowest BCUT2D eigenvalue weighted by atomic mass is 9.86. The predicted octanol–water partition coefficient (Wildman–Crippen LogP) is 1.60. The van der Waals surface area contributed by atoms with Gasteiger partial charge < -0.3 is 19.0 Å². The Morgan fingerprint density at radius 3 is 2.55 bits per heavy atom. The van der Waals surface area contributed by atoms with Crippen molar-refractivity contribution in [2.24, 2.45) is 0 Å². The molecule has 110 valence electrons. The van der Waals surface area contributed by atoms with E-state index in [1.54, 1.807) is 0 Å². The number of nitrogens with one attached hydrogen (secondary N) is 1. The Bertz CT molecular complexity index is 465. The molecule has 0 bridgehead atoms. The first kappa shape index (κ1) is 14.1. The van der Waals surface area contributed by atoms with Gasteiger partial charge in [0.15, 0.2) is 0 Å². The number of hydrogen-bond acceptors (Lipinski definition) is 4. The maximum absolute atomic E-state index is 6.03. The molecule has 2 aliphatic heterocycles. The lowest BCUT2D eigenvalue weighted by Gasteiger charge is -2.32. The smallest absolute Gasteiger partial charge is 0.398 e. The molecule has 0 saturated carbocycles. The van der Waals surface area contributed by atoms with E-state index < -0.39 is 0 Å². The Labute approximate surface area is 120 Å². The van der Waals surface area contributed by atoms with Crippen LogP contribution in [-0.4, -0.2) is 41.5 Å². The highest BCUT2D eigenvalue weighted by atomic mass is 16.7. The summed E-state index contributed by atoms with van der Waals surface area (Å²) in [4.78, 5) is 7.84. The number of hydrogen-bond donors (Lipinski definition) is 1. The van der Waals surface area contributed by atoms with Crippen LogP contribution in [-0.2, 0) is 14.0 Å². The Morgan fingerprint density at radius 1 is 1.25 bits per heavy atom. The molecule has 0 amide bonds. The van der Waals surface area contributed by atoms with Gasteiger partial charge in [-0.25, -0.2) is 4.98 Å². The molecule has 0 aliphatic carbocycles. The number of aromatic nitrogens is 2. The van der Waals surface area contributed by atoms with Crippen LogP contribution in [0.25, 0.3) is 0 Å². The van der Waals surface area contributed by atoms with Crippen molar-refractivity contribution in [3.8, 4) is 0 Å². The molecule has 6 heteroatoms. The number of rotatable bonds is 2. The third kappa shape index (κ3) is 2.40. The van der Waals surface area contributed by atoms with E-state index in [4.69, 9.17) is 14.0 Å². The maximum Gasteiger partial charge on any atom is 0.513 e. The largest absolute Gasteiger partial charge is 0.513 e. The Balaban J connectivity index is 1.74. The van der Waals surface area contributed by atoms with Crippen LogP contribution in [0.3, 0.4) is 0 Å². The molecule has 20 heavy (non-hydrogen) atoms. The summed E-state index contributed by atoms with van der Waals surface area (Å²) in [6.07, 6.45) is 4.04. The molecule has 1 unspecified atom stereocenters. The SMILES string of the molecule is CC1(C)OB(c2cnc(C3CCCOC3)[nH]2)OC1(C)C. The first-order valence-corrected chi connectivity index (χ1v) is 7.37. The van der Waals surface area contributed by atoms with Crippen molar-refractivity contribution in [3.05, 3.63) is 12.0 Å². The number of H-pyrrole nitrogens is 1. The van der Waals surface area contributed by atoms with E-state index in [2.05, 4.69) is 37.7 Å². The highest BCUT2D eigenvalue weighted by molar-refractivity contribution is 6.61. The molecule has 2 saturated heterocycles. The Kier molecular flexibility index (Phi) is 3.43. The van der Waals surface area contributed by atoms with E-state index in [9.17, 15) is 0 Å². The van der Waals surface area contributed by atoms with E-state index in [0.717, 1.165) is 37.5 Å². The molecule has 5 nitrogen and oxygen atoms in total. The average Bonchev–Trinajstić information content (AvgIpc) is 2.94. The second-order valence-corrected chi connectivity index (χ2v) is 6.73. The normalized spacial score (nSPS) is 28.8. The summed E-state index contributed by atoms with van der Waals surface area (Å²) in [7, 11) is -0.370. The number of nitrogens with zero attached hydrogens (tertiary/aromatic N) is 1. The summed E-state index contributed by atoms with van der Waals surface area (Å²) in [5.74, 6) is 1.34. The van der Waals surface area contributed by atoms with Gasteiger partial charge in [0.2, 0.25) is 0 Å². The maximum atomic E-state index is 6.03. The van der Waals surface area contributed by atoms with Crippen molar-refractivity contribution >= 4 is 12.7 Å².